The second-order valence-corrected chi connectivity index (χ2v) is 8.37. The lowest BCUT2D eigenvalue weighted by Gasteiger charge is -2.16. The highest BCUT2D eigenvalue weighted by Crippen LogP contribution is 2.28. The third kappa shape index (κ3) is 6.11. The Morgan fingerprint density at radius 3 is 2.31 bits per heavy atom. The van der Waals surface area contributed by atoms with Crippen molar-refractivity contribution < 1.29 is 9.53 Å². The SMILES string of the molecule is O=NC(=O)CCc1ccc(OCc2ccc(CN3CCC(c4ccccc4)C3)cc2)cc1. The minimum absolute atomic E-state index is 0.139. The Balaban J connectivity index is 1.23. The number of likely N-dealkylation sites (tertiary alicyclic amines) is 1. The molecule has 1 aliphatic heterocycles. The molecule has 1 heterocycles. The van der Waals surface area contributed by atoms with Crippen molar-refractivity contribution in [3.05, 3.63) is 106 Å². The molecule has 4 rings (SSSR count). The average Bonchev–Trinajstić information content (AvgIpc) is 3.32. The van der Waals surface area contributed by atoms with Gasteiger partial charge in [-0.2, -0.15) is 0 Å². The van der Waals surface area contributed by atoms with Crippen molar-refractivity contribution in [2.75, 3.05) is 13.1 Å². The van der Waals surface area contributed by atoms with E-state index in [9.17, 15) is 9.70 Å². The highest BCUT2D eigenvalue weighted by atomic mass is 16.5. The third-order valence-electron chi connectivity index (χ3n) is 6.03. The standard InChI is InChI=1S/C27H28N2O3/c30-27(28-31)15-12-21-10-13-26(14-11-21)32-20-23-8-6-22(7-9-23)18-29-17-16-25(19-29)24-4-2-1-3-5-24/h1-11,13-14,25H,12,15-20H2. The van der Waals surface area contributed by atoms with Gasteiger partial charge in [-0.15, -0.1) is 4.91 Å². The van der Waals surface area contributed by atoms with Crippen LogP contribution >= 0.6 is 0 Å². The van der Waals surface area contributed by atoms with Crippen LogP contribution in [0.2, 0.25) is 0 Å². The molecule has 3 aromatic rings. The average molecular weight is 429 g/mol. The number of amides is 1. The summed E-state index contributed by atoms with van der Waals surface area (Å²) < 4.78 is 5.88. The molecule has 0 aromatic heterocycles. The molecular weight excluding hydrogens is 400 g/mol. The Bertz CT molecular complexity index is 1020. The first-order valence-electron chi connectivity index (χ1n) is 11.1. The molecule has 0 spiro atoms. The number of nitroso groups, excluding NO2 is 1. The van der Waals surface area contributed by atoms with E-state index in [4.69, 9.17) is 4.74 Å². The second-order valence-electron chi connectivity index (χ2n) is 8.37. The van der Waals surface area contributed by atoms with E-state index in [2.05, 4.69) is 64.7 Å². The van der Waals surface area contributed by atoms with E-state index < -0.39 is 5.91 Å². The topological polar surface area (TPSA) is 59.0 Å². The molecule has 1 unspecified atom stereocenters. The minimum atomic E-state index is -0.616. The lowest BCUT2D eigenvalue weighted by Crippen LogP contribution is -2.19. The van der Waals surface area contributed by atoms with E-state index in [1.54, 1.807) is 0 Å². The molecule has 1 fully saturated rings. The summed E-state index contributed by atoms with van der Waals surface area (Å²) in [6.45, 7) is 3.74. The van der Waals surface area contributed by atoms with Crippen molar-refractivity contribution in [2.24, 2.45) is 5.18 Å². The van der Waals surface area contributed by atoms with Crippen molar-refractivity contribution in [1.29, 1.82) is 0 Å². The van der Waals surface area contributed by atoms with Gasteiger partial charge in [-0.1, -0.05) is 66.7 Å². The quantitative estimate of drug-likeness (QED) is 0.424. The lowest BCUT2D eigenvalue weighted by atomic mass is 9.99. The second kappa shape index (κ2) is 10.8. The normalized spacial score (nSPS) is 16.1. The fourth-order valence-electron chi connectivity index (χ4n) is 4.19. The smallest absolute Gasteiger partial charge is 0.286 e. The minimum Gasteiger partial charge on any atom is -0.489 e. The molecular formula is C27H28N2O3. The zero-order valence-electron chi connectivity index (χ0n) is 18.2. The monoisotopic (exact) mass is 428 g/mol. The molecule has 0 bridgehead atoms. The van der Waals surface area contributed by atoms with Crippen molar-refractivity contribution in [3.63, 3.8) is 0 Å². The zero-order chi connectivity index (χ0) is 22.2. The number of carbonyl (C=O) groups excluding carboxylic acids is 1. The van der Waals surface area contributed by atoms with Crippen LogP contribution in [0.5, 0.6) is 5.75 Å². The van der Waals surface area contributed by atoms with E-state index >= 15 is 0 Å². The van der Waals surface area contributed by atoms with E-state index in [1.165, 1.54) is 17.5 Å². The Morgan fingerprint density at radius 1 is 0.906 bits per heavy atom. The maximum absolute atomic E-state index is 11.0. The van der Waals surface area contributed by atoms with E-state index in [-0.39, 0.29) is 6.42 Å². The number of hydrogen-bond acceptors (Lipinski definition) is 4. The molecule has 5 heteroatoms. The number of benzene rings is 3. The van der Waals surface area contributed by atoms with Crippen LogP contribution in [-0.4, -0.2) is 23.9 Å². The predicted molar refractivity (Wildman–Crippen MR) is 125 cm³/mol. The van der Waals surface area contributed by atoms with Crippen LogP contribution < -0.4 is 4.74 Å². The molecule has 1 atom stereocenters. The van der Waals surface area contributed by atoms with Crippen LogP contribution in [0.4, 0.5) is 0 Å². The maximum Gasteiger partial charge on any atom is 0.286 e. The Morgan fingerprint density at radius 2 is 1.59 bits per heavy atom. The largest absolute Gasteiger partial charge is 0.489 e. The fraction of sp³-hybridized carbons (Fsp3) is 0.296. The maximum atomic E-state index is 11.0. The summed E-state index contributed by atoms with van der Waals surface area (Å²) in [7, 11) is 0. The molecule has 164 valence electrons. The molecule has 1 amide bonds. The highest BCUT2D eigenvalue weighted by molar-refractivity contribution is 5.76. The van der Waals surface area contributed by atoms with E-state index in [0.717, 1.165) is 36.5 Å². The van der Waals surface area contributed by atoms with Crippen LogP contribution in [0.15, 0.2) is 84.0 Å². The van der Waals surface area contributed by atoms with Gasteiger partial charge in [-0.05, 0) is 59.7 Å². The molecule has 32 heavy (non-hydrogen) atoms. The van der Waals surface area contributed by atoms with Crippen molar-refractivity contribution in [3.8, 4) is 5.75 Å². The first-order chi connectivity index (χ1) is 15.7. The molecule has 0 aliphatic carbocycles. The molecule has 0 radical (unpaired) electrons. The van der Waals surface area contributed by atoms with Gasteiger partial charge in [0.05, 0.1) is 0 Å². The fourth-order valence-corrected chi connectivity index (χ4v) is 4.19. The van der Waals surface area contributed by atoms with Gasteiger partial charge < -0.3 is 4.74 Å². The van der Waals surface area contributed by atoms with Gasteiger partial charge in [-0.3, -0.25) is 9.69 Å². The van der Waals surface area contributed by atoms with Gasteiger partial charge in [0.25, 0.3) is 5.91 Å². The Labute approximate surface area is 189 Å². The van der Waals surface area contributed by atoms with Crippen LogP contribution in [0, 0.1) is 4.91 Å². The van der Waals surface area contributed by atoms with Crippen LogP contribution in [0.25, 0.3) is 0 Å². The summed E-state index contributed by atoms with van der Waals surface area (Å²) in [6, 6.07) is 27.1. The van der Waals surface area contributed by atoms with Crippen molar-refractivity contribution in [1.82, 2.24) is 4.90 Å². The first kappa shape index (κ1) is 21.9. The van der Waals surface area contributed by atoms with Crippen LogP contribution in [0.3, 0.4) is 0 Å². The number of aryl methyl sites for hydroxylation is 1. The van der Waals surface area contributed by atoms with Crippen molar-refractivity contribution >= 4 is 5.91 Å². The summed E-state index contributed by atoms with van der Waals surface area (Å²) >= 11 is 0. The number of ether oxygens (including phenoxy) is 1. The van der Waals surface area contributed by atoms with Gasteiger partial charge >= 0.3 is 0 Å². The van der Waals surface area contributed by atoms with Crippen LogP contribution in [-0.2, 0) is 24.4 Å². The number of carbonyl (C=O) groups is 1. The van der Waals surface area contributed by atoms with E-state index in [1.807, 2.05) is 24.3 Å². The molecule has 5 nitrogen and oxygen atoms in total. The summed E-state index contributed by atoms with van der Waals surface area (Å²) in [6.07, 6.45) is 1.87. The summed E-state index contributed by atoms with van der Waals surface area (Å²) in [4.78, 5) is 23.7. The lowest BCUT2D eigenvalue weighted by molar-refractivity contribution is -0.117. The zero-order valence-corrected chi connectivity index (χ0v) is 18.2. The summed E-state index contributed by atoms with van der Waals surface area (Å²) in [5.74, 6) is 0.800. The number of nitrogens with zero attached hydrogens (tertiary/aromatic N) is 2. The Kier molecular flexibility index (Phi) is 7.41. The van der Waals surface area contributed by atoms with E-state index in [0.29, 0.717) is 18.9 Å². The van der Waals surface area contributed by atoms with Gasteiger partial charge in [0, 0.05) is 24.7 Å². The third-order valence-corrected chi connectivity index (χ3v) is 6.03. The molecule has 1 saturated heterocycles. The van der Waals surface area contributed by atoms with Gasteiger partial charge in [-0.25, -0.2) is 0 Å². The van der Waals surface area contributed by atoms with Gasteiger partial charge in [0.1, 0.15) is 12.4 Å². The molecule has 3 aromatic carbocycles. The summed E-state index contributed by atoms with van der Waals surface area (Å²) in [5, 5.41) is 2.42. The van der Waals surface area contributed by atoms with Crippen molar-refractivity contribution in [2.45, 2.75) is 38.3 Å². The molecule has 1 aliphatic rings. The molecule has 0 N–H and O–H groups in total. The highest BCUT2D eigenvalue weighted by Gasteiger charge is 2.23. The number of rotatable bonds is 9. The molecule has 0 saturated carbocycles. The first-order valence-corrected chi connectivity index (χ1v) is 11.1. The van der Waals surface area contributed by atoms with Gasteiger partial charge in [0.2, 0.25) is 0 Å². The number of hydrogen-bond donors (Lipinski definition) is 0. The van der Waals surface area contributed by atoms with Crippen LogP contribution in [0.1, 0.15) is 41.0 Å². The Hall–Kier alpha value is -3.31. The predicted octanol–water partition coefficient (Wildman–Crippen LogP) is 5.48. The van der Waals surface area contributed by atoms with Gasteiger partial charge in [0.15, 0.2) is 0 Å². The summed E-state index contributed by atoms with van der Waals surface area (Å²) in [5.41, 5.74) is 4.88.